The van der Waals surface area contributed by atoms with Crippen molar-refractivity contribution in [1.82, 2.24) is 0 Å². The van der Waals surface area contributed by atoms with Crippen LogP contribution in [-0.2, 0) is 14.6 Å². The van der Waals surface area contributed by atoms with Gasteiger partial charge in [0, 0.05) is 6.26 Å². The number of halogens is 1. The zero-order valence-corrected chi connectivity index (χ0v) is 11.5. The van der Waals surface area contributed by atoms with E-state index >= 15 is 0 Å². The summed E-state index contributed by atoms with van der Waals surface area (Å²) in [5.74, 6) is -2.11. The van der Waals surface area contributed by atoms with Crippen molar-refractivity contribution in [2.45, 2.75) is 24.7 Å². The molecular formula is C12H15FO4S. The van der Waals surface area contributed by atoms with Crippen LogP contribution >= 0.6 is 0 Å². The number of esters is 1. The van der Waals surface area contributed by atoms with Crippen molar-refractivity contribution in [3.05, 3.63) is 29.1 Å². The van der Waals surface area contributed by atoms with Crippen LogP contribution in [0.1, 0.15) is 35.7 Å². The van der Waals surface area contributed by atoms with Gasteiger partial charge in [-0.25, -0.2) is 17.6 Å². The number of rotatable bonds is 3. The molecule has 0 saturated heterocycles. The molecule has 0 saturated carbocycles. The number of methoxy groups -OCH3 is 1. The van der Waals surface area contributed by atoms with E-state index in [2.05, 4.69) is 4.74 Å². The molecule has 1 aromatic rings. The second-order valence-corrected chi connectivity index (χ2v) is 6.22. The highest BCUT2D eigenvalue weighted by molar-refractivity contribution is 7.90. The molecule has 100 valence electrons. The highest BCUT2D eigenvalue weighted by Crippen LogP contribution is 2.28. The first kappa shape index (κ1) is 14.6. The molecular weight excluding hydrogens is 259 g/mol. The Morgan fingerprint density at radius 3 is 2.28 bits per heavy atom. The van der Waals surface area contributed by atoms with Crippen molar-refractivity contribution >= 4 is 15.8 Å². The average Bonchev–Trinajstić information content (AvgIpc) is 2.25. The number of benzene rings is 1. The second kappa shape index (κ2) is 5.06. The van der Waals surface area contributed by atoms with Crippen molar-refractivity contribution in [1.29, 1.82) is 0 Å². The third-order valence-electron chi connectivity index (χ3n) is 2.53. The van der Waals surface area contributed by atoms with Crippen LogP contribution in [0.4, 0.5) is 4.39 Å². The molecule has 4 nitrogen and oxygen atoms in total. The molecule has 0 aliphatic heterocycles. The largest absolute Gasteiger partial charge is 0.465 e. The van der Waals surface area contributed by atoms with Crippen LogP contribution in [0, 0.1) is 5.82 Å². The SMILES string of the molecule is COC(=O)c1ccc(C(C)C)c(S(C)(=O)=O)c1F. The highest BCUT2D eigenvalue weighted by Gasteiger charge is 2.26. The molecule has 0 heterocycles. The summed E-state index contributed by atoms with van der Waals surface area (Å²) in [6, 6.07) is 2.68. The summed E-state index contributed by atoms with van der Waals surface area (Å²) in [6.45, 7) is 3.50. The Bertz CT molecular complexity index is 576. The molecule has 0 fully saturated rings. The lowest BCUT2D eigenvalue weighted by Crippen LogP contribution is -2.13. The predicted molar refractivity (Wildman–Crippen MR) is 64.9 cm³/mol. The zero-order valence-electron chi connectivity index (χ0n) is 10.7. The van der Waals surface area contributed by atoms with Crippen molar-refractivity contribution < 1.29 is 22.3 Å². The average molecular weight is 274 g/mol. The molecule has 0 N–H and O–H groups in total. The standard InChI is InChI=1S/C12H15FO4S/c1-7(2)8-5-6-9(12(14)17-3)10(13)11(8)18(4,15)16/h5-7H,1-4H3. The number of hydrogen-bond donors (Lipinski definition) is 0. The molecule has 0 atom stereocenters. The van der Waals surface area contributed by atoms with Gasteiger partial charge in [0.2, 0.25) is 0 Å². The van der Waals surface area contributed by atoms with Gasteiger partial charge in [0.15, 0.2) is 15.7 Å². The monoisotopic (exact) mass is 274 g/mol. The van der Waals surface area contributed by atoms with Crippen LogP contribution in [0.25, 0.3) is 0 Å². The smallest absolute Gasteiger partial charge is 0.340 e. The first-order valence-corrected chi connectivity index (χ1v) is 7.20. The number of hydrogen-bond acceptors (Lipinski definition) is 4. The molecule has 0 spiro atoms. The van der Waals surface area contributed by atoms with Gasteiger partial charge in [-0.15, -0.1) is 0 Å². The van der Waals surface area contributed by atoms with Gasteiger partial charge in [-0.3, -0.25) is 0 Å². The van der Waals surface area contributed by atoms with Crippen molar-refractivity contribution in [2.75, 3.05) is 13.4 Å². The Labute approximate surface area is 106 Å². The van der Waals surface area contributed by atoms with Crippen LogP contribution < -0.4 is 0 Å². The first-order valence-electron chi connectivity index (χ1n) is 5.31. The van der Waals surface area contributed by atoms with Gasteiger partial charge in [-0.2, -0.15) is 0 Å². The molecule has 0 aliphatic rings. The molecule has 0 bridgehead atoms. The van der Waals surface area contributed by atoms with E-state index in [0.29, 0.717) is 5.56 Å². The third kappa shape index (κ3) is 2.69. The summed E-state index contributed by atoms with van der Waals surface area (Å²) in [5.41, 5.74) is -0.0232. The van der Waals surface area contributed by atoms with E-state index in [1.807, 2.05) is 0 Å². The lowest BCUT2D eigenvalue weighted by molar-refractivity contribution is 0.0594. The van der Waals surface area contributed by atoms with Crippen LogP contribution in [0.3, 0.4) is 0 Å². The highest BCUT2D eigenvalue weighted by atomic mass is 32.2. The Hall–Kier alpha value is -1.43. The fraction of sp³-hybridized carbons (Fsp3) is 0.417. The molecule has 0 aliphatic carbocycles. The fourth-order valence-corrected chi connectivity index (χ4v) is 2.84. The molecule has 0 aromatic heterocycles. The van der Waals surface area contributed by atoms with Crippen LogP contribution in [-0.4, -0.2) is 27.8 Å². The normalized spacial score (nSPS) is 11.7. The molecule has 0 amide bonds. The minimum absolute atomic E-state index is 0.170. The van der Waals surface area contributed by atoms with Gasteiger partial charge in [-0.05, 0) is 17.5 Å². The van der Waals surface area contributed by atoms with Crippen LogP contribution in [0.15, 0.2) is 17.0 Å². The number of carbonyl (C=O) groups excluding carboxylic acids is 1. The van der Waals surface area contributed by atoms with E-state index in [1.165, 1.54) is 12.1 Å². The maximum absolute atomic E-state index is 14.1. The van der Waals surface area contributed by atoms with Gasteiger partial charge in [-0.1, -0.05) is 19.9 Å². The zero-order chi connectivity index (χ0) is 14.1. The van der Waals surface area contributed by atoms with Gasteiger partial charge in [0.1, 0.15) is 4.90 Å². The van der Waals surface area contributed by atoms with Gasteiger partial charge < -0.3 is 4.74 Å². The van der Waals surface area contributed by atoms with Crippen LogP contribution in [0.2, 0.25) is 0 Å². The topological polar surface area (TPSA) is 60.4 Å². The molecule has 6 heteroatoms. The van der Waals surface area contributed by atoms with Gasteiger partial charge in [0.25, 0.3) is 0 Å². The van der Waals surface area contributed by atoms with Gasteiger partial charge >= 0.3 is 5.97 Å². The number of ether oxygens (including phenoxy) is 1. The van der Waals surface area contributed by atoms with Crippen LogP contribution in [0.5, 0.6) is 0 Å². The first-order chi connectivity index (χ1) is 8.20. The van der Waals surface area contributed by atoms with E-state index in [4.69, 9.17) is 0 Å². The van der Waals surface area contributed by atoms with E-state index < -0.39 is 26.5 Å². The summed E-state index contributed by atoms with van der Waals surface area (Å²) < 4.78 is 41.9. The predicted octanol–water partition coefficient (Wildman–Crippen LogP) is 2.14. The Balaban J connectivity index is 3.66. The lowest BCUT2D eigenvalue weighted by atomic mass is 10.0. The van der Waals surface area contributed by atoms with E-state index in [1.54, 1.807) is 13.8 Å². The summed E-state index contributed by atoms with van der Waals surface area (Å²) in [4.78, 5) is 10.9. The number of sulfone groups is 1. The summed E-state index contributed by atoms with van der Waals surface area (Å²) in [6.07, 6.45) is 0.915. The Morgan fingerprint density at radius 2 is 1.89 bits per heavy atom. The fourth-order valence-electron chi connectivity index (χ4n) is 1.67. The van der Waals surface area contributed by atoms with E-state index in [9.17, 15) is 17.6 Å². The molecule has 1 rings (SSSR count). The maximum Gasteiger partial charge on any atom is 0.340 e. The second-order valence-electron chi connectivity index (χ2n) is 4.26. The Morgan fingerprint density at radius 1 is 1.33 bits per heavy atom. The van der Waals surface area contributed by atoms with E-state index in [-0.39, 0.29) is 11.5 Å². The third-order valence-corrected chi connectivity index (χ3v) is 3.68. The lowest BCUT2D eigenvalue weighted by Gasteiger charge is -2.14. The van der Waals surface area contributed by atoms with Crippen molar-refractivity contribution in [3.63, 3.8) is 0 Å². The Kier molecular flexibility index (Phi) is 4.11. The molecule has 0 unspecified atom stereocenters. The summed E-state index contributed by atoms with van der Waals surface area (Å²) in [7, 11) is -2.65. The van der Waals surface area contributed by atoms with Crippen molar-refractivity contribution in [2.24, 2.45) is 0 Å². The minimum Gasteiger partial charge on any atom is -0.465 e. The maximum atomic E-state index is 14.1. The van der Waals surface area contributed by atoms with Gasteiger partial charge in [0.05, 0.1) is 12.7 Å². The van der Waals surface area contributed by atoms with Crippen molar-refractivity contribution in [3.8, 4) is 0 Å². The summed E-state index contributed by atoms with van der Waals surface area (Å²) >= 11 is 0. The molecule has 18 heavy (non-hydrogen) atoms. The molecule has 0 radical (unpaired) electrons. The van der Waals surface area contributed by atoms with E-state index in [0.717, 1.165) is 13.4 Å². The number of carbonyl (C=O) groups is 1. The minimum atomic E-state index is -3.76. The summed E-state index contributed by atoms with van der Waals surface area (Å²) in [5, 5.41) is 0. The quantitative estimate of drug-likeness (QED) is 0.792. The molecule has 1 aromatic carbocycles.